The third-order valence-corrected chi connectivity index (χ3v) is 8.40. The van der Waals surface area contributed by atoms with E-state index in [4.69, 9.17) is 9.47 Å². The Morgan fingerprint density at radius 1 is 1.26 bits per heavy atom. The zero-order valence-corrected chi connectivity index (χ0v) is 22.3. The average molecular weight is 510 g/mol. The van der Waals surface area contributed by atoms with Gasteiger partial charge < -0.3 is 24.8 Å². The molecule has 2 aliphatic rings. The topological polar surface area (TPSA) is 129 Å². The van der Waals surface area contributed by atoms with Gasteiger partial charge >= 0.3 is 5.97 Å². The van der Waals surface area contributed by atoms with Crippen LogP contribution in [0.1, 0.15) is 77.4 Å². The maximum Gasteiger partial charge on any atom is 0.309 e. The van der Waals surface area contributed by atoms with Gasteiger partial charge in [-0.1, -0.05) is 20.3 Å². The number of cyclic esters (lactones) is 1. The molecule has 1 aromatic heterocycles. The third kappa shape index (κ3) is 6.57. The van der Waals surface area contributed by atoms with E-state index in [0.29, 0.717) is 12.8 Å². The number of aryl methyl sites for hydroxylation is 1. The largest absolute Gasteiger partial charge is 0.458 e. The Morgan fingerprint density at radius 2 is 1.94 bits per heavy atom. The van der Waals surface area contributed by atoms with Crippen LogP contribution in [-0.4, -0.2) is 67.7 Å². The van der Waals surface area contributed by atoms with Crippen molar-refractivity contribution in [1.82, 2.24) is 4.98 Å². The Labute approximate surface area is 211 Å². The van der Waals surface area contributed by atoms with Gasteiger partial charge in [0.15, 0.2) is 5.78 Å². The zero-order chi connectivity index (χ0) is 26.1. The van der Waals surface area contributed by atoms with Crippen LogP contribution in [0, 0.1) is 18.8 Å². The summed E-state index contributed by atoms with van der Waals surface area (Å²) in [5.74, 6) is -2.51. The van der Waals surface area contributed by atoms with Gasteiger partial charge in [-0.25, -0.2) is 4.98 Å². The van der Waals surface area contributed by atoms with Gasteiger partial charge in [-0.15, -0.1) is 11.3 Å². The van der Waals surface area contributed by atoms with Gasteiger partial charge in [-0.2, -0.15) is 0 Å². The Hall–Kier alpha value is -1.65. The second-order valence-electron chi connectivity index (χ2n) is 10.7. The molecule has 0 saturated carbocycles. The molecule has 0 aromatic carbocycles. The minimum atomic E-state index is -2.20. The Balaban J connectivity index is 1.85. The van der Waals surface area contributed by atoms with Crippen molar-refractivity contribution in [3.05, 3.63) is 21.7 Å². The standard InChI is InChI=1S/C26H39NO7S/c1-14-8-7-9-25(5)21(34-25)11-19(15(2)10-18-13-35-17(4)27-18)33-22(29)12-20(28)26(6,32)24(31)16(3)23(14)30/h10,13-14,16,19-21,23,28,30,32H,7-9,11-12H2,1-6H3/b15-10+/t14-,16+,19-,20-,21-,23-,25+,26?/m0/s1. The fourth-order valence-electron chi connectivity index (χ4n) is 4.88. The molecule has 2 aliphatic heterocycles. The lowest BCUT2D eigenvalue weighted by Crippen LogP contribution is -2.52. The van der Waals surface area contributed by atoms with Crippen LogP contribution in [0.2, 0.25) is 0 Å². The quantitative estimate of drug-likeness (QED) is 0.409. The van der Waals surface area contributed by atoms with Crippen molar-refractivity contribution in [3.63, 3.8) is 0 Å². The van der Waals surface area contributed by atoms with Crippen LogP contribution >= 0.6 is 11.3 Å². The van der Waals surface area contributed by atoms with E-state index in [1.54, 1.807) is 0 Å². The predicted molar refractivity (Wildman–Crippen MR) is 133 cm³/mol. The first-order valence-corrected chi connectivity index (χ1v) is 13.2. The molecule has 3 N–H and O–H groups in total. The minimum Gasteiger partial charge on any atom is -0.458 e. The van der Waals surface area contributed by atoms with Crippen LogP contribution < -0.4 is 0 Å². The van der Waals surface area contributed by atoms with Crippen molar-refractivity contribution in [1.29, 1.82) is 0 Å². The average Bonchev–Trinajstić information content (AvgIpc) is 3.22. The maximum absolute atomic E-state index is 13.0. The number of aliphatic hydroxyl groups is 3. The van der Waals surface area contributed by atoms with Crippen LogP contribution in [-0.2, 0) is 19.1 Å². The van der Waals surface area contributed by atoms with Gasteiger partial charge in [0.2, 0.25) is 0 Å². The van der Waals surface area contributed by atoms with Gasteiger partial charge in [0.1, 0.15) is 17.8 Å². The highest BCUT2D eigenvalue weighted by molar-refractivity contribution is 7.09. The van der Waals surface area contributed by atoms with E-state index in [0.717, 1.165) is 29.1 Å². The zero-order valence-electron chi connectivity index (χ0n) is 21.5. The molecule has 9 heteroatoms. The second kappa shape index (κ2) is 10.8. The highest BCUT2D eigenvalue weighted by Gasteiger charge is 2.53. The number of hydrogen-bond acceptors (Lipinski definition) is 9. The number of ketones is 1. The summed E-state index contributed by atoms with van der Waals surface area (Å²) < 4.78 is 11.8. The number of epoxide rings is 1. The van der Waals surface area contributed by atoms with E-state index < -0.39 is 48.0 Å². The first kappa shape index (κ1) is 27.9. The lowest BCUT2D eigenvalue weighted by Gasteiger charge is -2.33. The van der Waals surface area contributed by atoms with Crippen molar-refractivity contribution in [3.8, 4) is 0 Å². The number of carbonyl (C=O) groups excluding carboxylic acids is 2. The summed E-state index contributed by atoms with van der Waals surface area (Å²) in [6.45, 7) is 10.4. The molecule has 2 fully saturated rings. The first-order chi connectivity index (χ1) is 16.2. The minimum absolute atomic E-state index is 0.0949. The molecule has 1 aromatic rings. The van der Waals surface area contributed by atoms with Crippen LogP contribution in [0.15, 0.2) is 11.0 Å². The van der Waals surface area contributed by atoms with Crippen LogP contribution in [0.4, 0.5) is 0 Å². The van der Waals surface area contributed by atoms with Gasteiger partial charge in [0.25, 0.3) is 0 Å². The summed E-state index contributed by atoms with van der Waals surface area (Å²) in [6, 6.07) is 0. The monoisotopic (exact) mass is 509 g/mol. The number of rotatable bonds is 2. The molecule has 0 amide bonds. The number of nitrogens with zero attached hydrogens (tertiary/aromatic N) is 1. The highest BCUT2D eigenvalue weighted by atomic mass is 32.1. The number of fused-ring (bicyclic) bond motifs is 1. The summed E-state index contributed by atoms with van der Waals surface area (Å²) in [6.07, 6.45) is 0.693. The van der Waals surface area contributed by atoms with Crippen LogP contribution in [0.25, 0.3) is 6.08 Å². The van der Waals surface area contributed by atoms with E-state index in [-0.39, 0.29) is 17.6 Å². The molecular weight excluding hydrogens is 470 g/mol. The van der Waals surface area contributed by atoms with E-state index in [9.17, 15) is 24.9 Å². The number of hydrogen-bond donors (Lipinski definition) is 3. The van der Waals surface area contributed by atoms with Gasteiger partial charge in [0.05, 0.1) is 34.9 Å². The number of ether oxygens (including phenoxy) is 2. The molecule has 0 aliphatic carbocycles. The van der Waals surface area contributed by atoms with Crippen LogP contribution in [0.3, 0.4) is 0 Å². The molecule has 35 heavy (non-hydrogen) atoms. The molecule has 8 atom stereocenters. The van der Waals surface area contributed by atoms with E-state index in [2.05, 4.69) is 4.98 Å². The molecule has 0 spiro atoms. The Bertz CT molecular complexity index is 957. The van der Waals surface area contributed by atoms with Crippen molar-refractivity contribution >= 4 is 29.2 Å². The normalized spacial score (nSPS) is 40.2. The number of esters is 1. The molecule has 0 bridgehead atoms. The summed E-state index contributed by atoms with van der Waals surface area (Å²) in [7, 11) is 0. The number of carbonyl (C=O) groups is 2. The lowest BCUT2D eigenvalue weighted by atomic mass is 9.79. The summed E-state index contributed by atoms with van der Waals surface area (Å²) >= 11 is 1.53. The number of aromatic nitrogens is 1. The van der Waals surface area contributed by atoms with E-state index in [1.165, 1.54) is 25.2 Å². The molecule has 2 saturated heterocycles. The molecule has 8 nitrogen and oxygen atoms in total. The molecule has 196 valence electrons. The second-order valence-corrected chi connectivity index (χ2v) is 11.8. The van der Waals surface area contributed by atoms with Gasteiger partial charge in [-0.3, -0.25) is 9.59 Å². The molecular formula is C26H39NO7S. The van der Waals surface area contributed by atoms with Crippen molar-refractivity contribution < 1.29 is 34.4 Å². The number of thiazole rings is 1. The van der Waals surface area contributed by atoms with Crippen molar-refractivity contribution in [2.45, 2.75) is 109 Å². The number of Topliss-reactive ketones (excluding diaryl/α,β-unsaturated/α-hetero) is 1. The lowest BCUT2D eigenvalue weighted by molar-refractivity contribution is -0.164. The maximum atomic E-state index is 13.0. The van der Waals surface area contributed by atoms with Gasteiger partial charge in [0, 0.05) is 17.7 Å². The summed E-state index contributed by atoms with van der Waals surface area (Å²) in [5.41, 5.74) is -0.963. The molecule has 1 unspecified atom stereocenters. The molecule has 0 radical (unpaired) electrons. The third-order valence-electron chi connectivity index (χ3n) is 7.61. The highest BCUT2D eigenvalue weighted by Crippen LogP contribution is 2.45. The predicted octanol–water partition coefficient (Wildman–Crippen LogP) is 3.20. The Morgan fingerprint density at radius 3 is 2.57 bits per heavy atom. The fourth-order valence-corrected chi connectivity index (χ4v) is 5.45. The fraction of sp³-hybridized carbons (Fsp3) is 0.731. The van der Waals surface area contributed by atoms with Gasteiger partial charge in [-0.05, 0) is 58.1 Å². The smallest absolute Gasteiger partial charge is 0.309 e. The first-order valence-electron chi connectivity index (χ1n) is 12.3. The Kier molecular flexibility index (Phi) is 8.59. The molecule has 3 heterocycles. The van der Waals surface area contributed by atoms with Crippen molar-refractivity contribution in [2.24, 2.45) is 11.8 Å². The number of aliphatic hydroxyl groups excluding tert-OH is 2. The SMILES string of the molecule is C/C(=C\c1csc(C)n1)[C@@H]1C[C@@H]2O[C@]2(C)CCC[C@H](C)[C@H](O)[C@@H](C)C(=O)C(C)(O)[C@@H](O)CC(=O)O1. The summed E-state index contributed by atoms with van der Waals surface area (Å²) in [4.78, 5) is 30.2. The summed E-state index contributed by atoms with van der Waals surface area (Å²) in [5, 5.41) is 35.0. The van der Waals surface area contributed by atoms with E-state index >= 15 is 0 Å². The van der Waals surface area contributed by atoms with E-state index in [1.807, 2.05) is 39.2 Å². The van der Waals surface area contributed by atoms with Crippen LogP contribution in [0.5, 0.6) is 0 Å². The van der Waals surface area contributed by atoms with Crippen molar-refractivity contribution in [2.75, 3.05) is 0 Å². The molecule has 3 rings (SSSR count).